The molecule has 2 aliphatic rings. The molecule has 0 radical (unpaired) electrons. The van der Waals surface area contributed by atoms with E-state index >= 15 is 0 Å². The monoisotopic (exact) mass is 435 g/mol. The van der Waals surface area contributed by atoms with Crippen LogP contribution in [0.2, 0.25) is 0 Å². The topological polar surface area (TPSA) is 80.8 Å². The van der Waals surface area contributed by atoms with Crippen molar-refractivity contribution in [1.82, 2.24) is 14.9 Å². The summed E-state index contributed by atoms with van der Waals surface area (Å²) in [5.41, 5.74) is 4.35. The molecule has 0 unspecified atom stereocenters. The number of hydrogen-bond donors (Lipinski definition) is 2. The molecule has 8 nitrogen and oxygen atoms in total. The van der Waals surface area contributed by atoms with E-state index in [1.165, 1.54) is 11.3 Å². The van der Waals surface area contributed by atoms with Gasteiger partial charge in [0.05, 0.1) is 32.4 Å². The van der Waals surface area contributed by atoms with Crippen LogP contribution in [0.1, 0.15) is 12.0 Å². The van der Waals surface area contributed by atoms with Gasteiger partial charge in [0, 0.05) is 49.0 Å². The molecule has 5 rings (SSSR count). The SMILES string of the molecule is COc1cc2ncnc(Nc3ccc4c(c3)CCN4)c2cc1OCCCN1CCOCC1. The Hall–Kier alpha value is -3.10. The zero-order chi connectivity index (χ0) is 21.8. The van der Waals surface area contributed by atoms with Crippen molar-refractivity contribution >= 4 is 28.1 Å². The lowest BCUT2D eigenvalue weighted by atomic mass is 10.1. The van der Waals surface area contributed by atoms with E-state index in [1.54, 1.807) is 13.4 Å². The third kappa shape index (κ3) is 4.56. The maximum absolute atomic E-state index is 6.12. The normalized spacial score (nSPS) is 15.9. The number of aromatic nitrogens is 2. The Labute approximate surface area is 187 Å². The summed E-state index contributed by atoms with van der Waals surface area (Å²) in [5.74, 6) is 2.14. The van der Waals surface area contributed by atoms with Crippen molar-refractivity contribution in [1.29, 1.82) is 0 Å². The fourth-order valence-corrected chi connectivity index (χ4v) is 4.25. The average molecular weight is 436 g/mol. The molecule has 32 heavy (non-hydrogen) atoms. The summed E-state index contributed by atoms with van der Waals surface area (Å²) in [5, 5.41) is 7.75. The molecular formula is C24H29N5O3. The number of methoxy groups -OCH3 is 1. The number of fused-ring (bicyclic) bond motifs is 2. The quantitative estimate of drug-likeness (QED) is 0.521. The van der Waals surface area contributed by atoms with Crippen molar-refractivity contribution in [3.63, 3.8) is 0 Å². The van der Waals surface area contributed by atoms with Gasteiger partial charge in [0.25, 0.3) is 0 Å². The van der Waals surface area contributed by atoms with Gasteiger partial charge < -0.3 is 24.8 Å². The van der Waals surface area contributed by atoms with Crippen LogP contribution in [-0.4, -0.2) is 68.0 Å². The number of benzene rings is 2. The highest BCUT2D eigenvalue weighted by Gasteiger charge is 2.15. The van der Waals surface area contributed by atoms with Gasteiger partial charge in [-0.25, -0.2) is 9.97 Å². The van der Waals surface area contributed by atoms with Crippen LogP contribution in [0.15, 0.2) is 36.7 Å². The minimum Gasteiger partial charge on any atom is -0.493 e. The van der Waals surface area contributed by atoms with Crippen molar-refractivity contribution in [2.75, 3.05) is 63.7 Å². The van der Waals surface area contributed by atoms with Crippen LogP contribution in [0.5, 0.6) is 11.5 Å². The standard InChI is InChI=1S/C24H29N5O3/c1-30-22-15-21-19(14-23(22)32-10-2-7-29-8-11-31-12-9-29)24(27-16-26-21)28-18-3-4-20-17(13-18)5-6-25-20/h3-4,13-16,25H,2,5-12H2,1H3,(H,26,27,28). The second-order valence-corrected chi connectivity index (χ2v) is 8.07. The lowest BCUT2D eigenvalue weighted by Gasteiger charge is -2.26. The van der Waals surface area contributed by atoms with Crippen molar-refractivity contribution in [3.8, 4) is 11.5 Å². The fraction of sp³-hybridized carbons (Fsp3) is 0.417. The lowest BCUT2D eigenvalue weighted by molar-refractivity contribution is 0.0357. The Morgan fingerprint density at radius 2 is 2.03 bits per heavy atom. The molecule has 3 heterocycles. The lowest BCUT2D eigenvalue weighted by Crippen LogP contribution is -2.37. The Bertz CT molecular complexity index is 1080. The third-order valence-corrected chi connectivity index (χ3v) is 5.98. The minimum absolute atomic E-state index is 0.619. The van der Waals surface area contributed by atoms with Crippen LogP contribution in [0.25, 0.3) is 10.9 Å². The molecule has 0 spiro atoms. The molecule has 1 aromatic heterocycles. The Morgan fingerprint density at radius 1 is 1.12 bits per heavy atom. The van der Waals surface area contributed by atoms with Crippen LogP contribution >= 0.6 is 0 Å². The molecule has 0 saturated carbocycles. The zero-order valence-electron chi connectivity index (χ0n) is 18.4. The van der Waals surface area contributed by atoms with E-state index in [2.05, 4.69) is 43.7 Å². The maximum Gasteiger partial charge on any atom is 0.162 e. The van der Waals surface area contributed by atoms with E-state index in [0.29, 0.717) is 18.1 Å². The average Bonchev–Trinajstić information content (AvgIpc) is 3.30. The van der Waals surface area contributed by atoms with Crippen molar-refractivity contribution < 1.29 is 14.2 Å². The predicted octanol–water partition coefficient (Wildman–Crippen LogP) is 3.45. The van der Waals surface area contributed by atoms with Crippen LogP contribution < -0.4 is 20.1 Å². The van der Waals surface area contributed by atoms with Crippen LogP contribution in [-0.2, 0) is 11.2 Å². The molecule has 2 N–H and O–H groups in total. The second kappa shape index (κ2) is 9.58. The summed E-state index contributed by atoms with van der Waals surface area (Å²) < 4.78 is 17.1. The summed E-state index contributed by atoms with van der Waals surface area (Å²) in [4.78, 5) is 11.3. The van der Waals surface area contributed by atoms with Crippen LogP contribution in [0.3, 0.4) is 0 Å². The predicted molar refractivity (Wildman–Crippen MR) is 125 cm³/mol. The van der Waals surface area contributed by atoms with E-state index in [0.717, 1.165) is 74.6 Å². The van der Waals surface area contributed by atoms with Gasteiger partial charge >= 0.3 is 0 Å². The first-order chi connectivity index (χ1) is 15.8. The number of nitrogens with zero attached hydrogens (tertiary/aromatic N) is 3. The molecular weight excluding hydrogens is 406 g/mol. The minimum atomic E-state index is 0.619. The van der Waals surface area contributed by atoms with E-state index < -0.39 is 0 Å². The summed E-state index contributed by atoms with van der Waals surface area (Å²) in [6.07, 6.45) is 3.55. The van der Waals surface area contributed by atoms with Gasteiger partial charge in [0.15, 0.2) is 11.5 Å². The number of nitrogens with one attached hydrogen (secondary N) is 2. The Morgan fingerprint density at radius 3 is 2.91 bits per heavy atom. The first-order valence-corrected chi connectivity index (χ1v) is 11.2. The zero-order valence-corrected chi connectivity index (χ0v) is 18.4. The van der Waals surface area contributed by atoms with Crippen molar-refractivity contribution in [2.24, 2.45) is 0 Å². The maximum atomic E-state index is 6.12. The smallest absolute Gasteiger partial charge is 0.162 e. The third-order valence-electron chi connectivity index (χ3n) is 5.98. The molecule has 0 bridgehead atoms. The molecule has 0 atom stereocenters. The van der Waals surface area contributed by atoms with E-state index in [1.807, 2.05) is 12.1 Å². The highest BCUT2D eigenvalue weighted by Crippen LogP contribution is 2.35. The van der Waals surface area contributed by atoms with Crippen molar-refractivity contribution in [2.45, 2.75) is 12.8 Å². The Balaban J connectivity index is 1.33. The van der Waals surface area contributed by atoms with Gasteiger partial charge in [0.1, 0.15) is 12.1 Å². The molecule has 0 aliphatic carbocycles. The first-order valence-electron chi connectivity index (χ1n) is 11.2. The highest BCUT2D eigenvalue weighted by molar-refractivity contribution is 5.93. The first kappa shape index (κ1) is 20.8. The Kier molecular flexibility index (Phi) is 6.22. The van der Waals surface area contributed by atoms with Crippen molar-refractivity contribution in [3.05, 3.63) is 42.2 Å². The molecule has 1 fully saturated rings. The summed E-state index contributed by atoms with van der Waals surface area (Å²) in [6.45, 7) is 6.22. The van der Waals surface area contributed by atoms with Gasteiger partial charge in [0.2, 0.25) is 0 Å². The van der Waals surface area contributed by atoms with E-state index in [4.69, 9.17) is 14.2 Å². The molecule has 8 heteroatoms. The largest absolute Gasteiger partial charge is 0.493 e. The van der Waals surface area contributed by atoms with Gasteiger partial charge in [-0.3, -0.25) is 4.90 Å². The molecule has 0 amide bonds. The number of morpholine rings is 1. The molecule has 2 aliphatic heterocycles. The van der Waals surface area contributed by atoms with Crippen LogP contribution in [0.4, 0.5) is 17.2 Å². The molecule has 1 saturated heterocycles. The number of ether oxygens (including phenoxy) is 3. The van der Waals surface area contributed by atoms with Crippen LogP contribution in [0, 0.1) is 0 Å². The molecule has 168 valence electrons. The summed E-state index contributed by atoms with van der Waals surface area (Å²) in [6, 6.07) is 10.2. The van der Waals surface area contributed by atoms with E-state index in [9.17, 15) is 0 Å². The van der Waals surface area contributed by atoms with Gasteiger partial charge in [-0.15, -0.1) is 0 Å². The second-order valence-electron chi connectivity index (χ2n) is 8.07. The highest BCUT2D eigenvalue weighted by atomic mass is 16.5. The summed E-state index contributed by atoms with van der Waals surface area (Å²) >= 11 is 0. The number of anilines is 3. The van der Waals surface area contributed by atoms with E-state index in [-0.39, 0.29) is 0 Å². The molecule has 2 aromatic carbocycles. The fourth-order valence-electron chi connectivity index (χ4n) is 4.25. The van der Waals surface area contributed by atoms with Gasteiger partial charge in [-0.2, -0.15) is 0 Å². The number of rotatable bonds is 8. The van der Waals surface area contributed by atoms with Gasteiger partial charge in [-0.05, 0) is 42.7 Å². The summed E-state index contributed by atoms with van der Waals surface area (Å²) in [7, 11) is 1.65. The van der Waals surface area contributed by atoms with Gasteiger partial charge in [-0.1, -0.05) is 0 Å². The number of hydrogen-bond acceptors (Lipinski definition) is 8. The molecule has 3 aromatic rings.